The molecule has 1 aliphatic rings. The molecule has 0 bridgehead atoms. The Labute approximate surface area is 114 Å². The van der Waals surface area contributed by atoms with Crippen LogP contribution >= 0.6 is 12.4 Å². The van der Waals surface area contributed by atoms with E-state index in [0.29, 0.717) is 6.54 Å². The van der Waals surface area contributed by atoms with Crippen LogP contribution in [0.15, 0.2) is 0 Å². The predicted octanol–water partition coefficient (Wildman–Crippen LogP) is 0.0671. The Morgan fingerprint density at radius 2 is 1.94 bits per heavy atom. The van der Waals surface area contributed by atoms with Crippen molar-refractivity contribution in [3.8, 4) is 0 Å². The third-order valence-electron chi connectivity index (χ3n) is 2.79. The van der Waals surface area contributed by atoms with Crippen LogP contribution in [0, 0.1) is 0 Å². The standard InChI is InChI=1S/C11H22N4O2.ClH/c1-2-5-13-11(17)14-10(16)8-15-6-3-9(12)4-7-15;/h9H,2-8,12H2,1H3,(H2,13,14,16,17);1H. The summed E-state index contributed by atoms with van der Waals surface area (Å²) in [6.07, 6.45) is 2.68. The van der Waals surface area contributed by atoms with Gasteiger partial charge in [-0.1, -0.05) is 6.92 Å². The summed E-state index contributed by atoms with van der Waals surface area (Å²) in [6, 6.07) is -0.160. The molecule has 0 spiro atoms. The number of nitrogens with two attached hydrogens (primary N) is 1. The summed E-state index contributed by atoms with van der Waals surface area (Å²) < 4.78 is 0. The Kier molecular flexibility index (Phi) is 8.70. The highest BCUT2D eigenvalue weighted by Gasteiger charge is 2.18. The second kappa shape index (κ2) is 9.13. The molecular weight excluding hydrogens is 256 g/mol. The number of likely N-dealkylation sites (tertiary alicyclic amines) is 1. The smallest absolute Gasteiger partial charge is 0.321 e. The molecule has 0 aromatic heterocycles. The second-order valence-electron chi connectivity index (χ2n) is 4.42. The number of nitrogens with zero attached hydrogens (tertiary/aromatic N) is 1. The van der Waals surface area contributed by atoms with Gasteiger partial charge in [-0.15, -0.1) is 12.4 Å². The van der Waals surface area contributed by atoms with Gasteiger partial charge in [0.05, 0.1) is 6.54 Å². The molecule has 0 atom stereocenters. The van der Waals surface area contributed by atoms with Crippen molar-refractivity contribution in [2.45, 2.75) is 32.2 Å². The van der Waals surface area contributed by atoms with Gasteiger partial charge in [0, 0.05) is 25.7 Å². The molecule has 1 saturated heterocycles. The Bertz CT molecular complexity index is 268. The normalized spacial score (nSPS) is 16.8. The van der Waals surface area contributed by atoms with Crippen LogP contribution in [0.5, 0.6) is 0 Å². The Morgan fingerprint density at radius 1 is 1.33 bits per heavy atom. The highest BCUT2D eigenvalue weighted by atomic mass is 35.5. The lowest BCUT2D eigenvalue weighted by atomic mass is 10.1. The zero-order valence-corrected chi connectivity index (χ0v) is 11.6. The predicted molar refractivity (Wildman–Crippen MR) is 72.7 cm³/mol. The van der Waals surface area contributed by atoms with Crippen LogP contribution in [-0.4, -0.2) is 49.1 Å². The molecule has 0 aromatic carbocycles. The molecule has 3 amide bonds. The number of hydrogen-bond acceptors (Lipinski definition) is 4. The molecule has 0 radical (unpaired) electrons. The van der Waals surface area contributed by atoms with Crippen LogP contribution < -0.4 is 16.4 Å². The number of carbonyl (C=O) groups is 2. The van der Waals surface area contributed by atoms with Crippen LogP contribution in [0.25, 0.3) is 0 Å². The molecule has 4 N–H and O–H groups in total. The number of imide groups is 1. The molecular formula is C11H23ClN4O2. The molecule has 0 aromatic rings. The van der Waals surface area contributed by atoms with E-state index in [9.17, 15) is 9.59 Å². The van der Waals surface area contributed by atoms with Gasteiger partial charge < -0.3 is 11.1 Å². The first-order valence-corrected chi connectivity index (χ1v) is 6.17. The third kappa shape index (κ3) is 6.78. The van der Waals surface area contributed by atoms with Crippen LogP contribution in [-0.2, 0) is 4.79 Å². The minimum atomic E-state index is -0.412. The molecule has 1 rings (SSSR count). The number of rotatable bonds is 4. The average molecular weight is 279 g/mol. The van der Waals surface area contributed by atoms with Crippen molar-refractivity contribution >= 4 is 24.3 Å². The van der Waals surface area contributed by atoms with Crippen molar-refractivity contribution < 1.29 is 9.59 Å². The minimum absolute atomic E-state index is 0. The Balaban J connectivity index is 0.00000289. The first-order valence-electron chi connectivity index (χ1n) is 6.17. The zero-order valence-electron chi connectivity index (χ0n) is 10.8. The summed E-state index contributed by atoms with van der Waals surface area (Å²) in [6.45, 7) is 4.46. The zero-order chi connectivity index (χ0) is 12.7. The molecule has 1 heterocycles. The number of amides is 3. The fourth-order valence-corrected chi connectivity index (χ4v) is 1.76. The van der Waals surface area contributed by atoms with E-state index in [2.05, 4.69) is 10.6 Å². The van der Waals surface area contributed by atoms with E-state index < -0.39 is 6.03 Å². The number of halogens is 1. The quantitative estimate of drug-likeness (QED) is 0.679. The van der Waals surface area contributed by atoms with Gasteiger partial charge in [0.15, 0.2) is 0 Å². The van der Waals surface area contributed by atoms with Crippen molar-refractivity contribution in [3.63, 3.8) is 0 Å². The van der Waals surface area contributed by atoms with E-state index in [1.54, 1.807) is 0 Å². The van der Waals surface area contributed by atoms with Crippen molar-refractivity contribution in [2.24, 2.45) is 5.73 Å². The molecule has 1 fully saturated rings. The van der Waals surface area contributed by atoms with Gasteiger partial charge in [-0.25, -0.2) is 4.79 Å². The fourth-order valence-electron chi connectivity index (χ4n) is 1.76. The van der Waals surface area contributed by atoms with E-state index in [1.165, 1.54) is 0 Å². The summed E-state index contributed by atoms with van der Waals surface area (Å²) >= 11 is 0. The number of carbonyl (C=O) groups excluding carboxylic acids is 2. The third-order valence-corrected chi connectivity index (χ3v) is 2.79. The monoisotopic (exact) mass is 278 g/mol. The van der Waals surface area contributed by atoms with Crippen molar-refractivity contribution in [1.29, 1.82) is 0 Å². The Hall–Kier alpha value is -0.850. The van der Waals surface area contributed by atoms with E-state index >= 15 is 0 Å². The SMILES string of the molecule is CCCNC(=O)NC(=O)CN1CCC(N)CC1.Cl. The summed E-state index contributed by atoms with van der Waals surface area (Å²) in [5, 5.41) is 4.91. The number of nitrogens with one attached hydrogen (secondary N) is 2. The summed E-state index contributed by atoms with van der Waals surface area (Å²) in [4.78, 5) is 24.8. The van der Waals surface area contributed by atoms with E-state index in [0.717, 1.165) is 32.4 Å². The topological polar surface area (TPSA) is 87.5 Å². The molecule has 6 nitrogen and oxygen atoms in total. The fraction of sp³-hybridized carbons (Fsp3) is 0.818. The molecule has 0 saturated carbocycles. The lowest BCUT2D eigenvalue weighted by Gasteiger charge is -2.29. The summed E-state index contributed by atoms with van der Waals surface area (Å²) in [7, 11) is 0. The maximum absolute atomic E-state index is 11.5. The van der Waals surface area contributed by atoms with Crippen molar-refractivity contribution in [1.82, 2.24) is 15.5 Å². The van der Waals surface area contributed by atoms with Crippen molar-refractivity contribution in [3.05, 3.63) is 0 Å². The molecule has 1 aliphatic heterocycles. The average Bonchev–Trinajstić information content (AvgIpc) is 2.29. The summed E-state index contributed by atoms with van der Waals surface area (Å²) in [5.41, 5.74) is 5.77. The van der Waals surface area contributed by atoms with Gasteiger partial charge in [-0.05, 0) is 19.3 Å². The van der Waals surface area contributed by atoms with Crippen LogP contribution in [0.2, 0.25) is 0 Å². The van der Waals surface area contributed by atoms with Gasteiger partial charge in [-0.2, -0.15) is 0 Å². The summed E-state index contributed by atoms with van der Waals surface area (Å²) in [5.74, 6) is -0.255. The minimum Gasteiger partial charge on any atom is -0.338 e. The van der Waals surface area contributed by atoms with E-state index in [1.807, 2.05) is 11.8 Å². The highest BCUT2D eigenvalue weighted by molar-refractivity contribution is 5.95. The van der Waals surface area contributed by atoms with Gasteiger partial charge in [0.1, 0.15) is 0 Å². The van der Waals surface area contributed by atoms with Gasteiger partial charge >= 0.3 is 6.03 Å². The maximum atomic E-state index is 11.5. The maximum Gasteiger partial charge on any atom is 0.321 e. The first kappa shape index (κ1) is 17.2. The second-order valence-corrected chi connectivity index (χ2v) is 4.42. The van der Waals surface area contributed by atoms with Gasteiger partial charge in [0.2, 0.25) is 5.91 Å². The molecule has 18 heavy (non-hydrogen) atoms. The van der Waals surface area contributed by atoms with Crippen molar-refractivity contribution in [2.75, 3.05) is 26.2 Å². The van der Waals surface area contributed by atoms with Crippen LogP contribution in [0.3, 0.4) is 0 Å². The van der Waals surface area contributed by atoms with Gasteiger partial charge in [0.25, 0.3) is 0 Å². The number of hydrogen-bond donors (Lipinski definition) is 3. The van der Waals surface area contributed by atoms with E-state index in [-0.39, 0.29) is 30.9 Å². The first-order chi connectivity index (χ1) is 8.11. The lowest BCUT2D eigenvalue weighted by molar-refractivity contribution is -0.121. The molecule has 0 unspecified atom stereocenters. The lowest BCUT2D eigenvalue weighted by Crippen LogP contribution is -2.47. The van der Waals surface area contributed by atoms with Crippen LogP contribution in [0.1, 0.15) is 26.2 Å². The Morgan fingerprint density at radius 3 is 2.50 bits per heavy atom. The molecule has 106 valence electrons. The van der Waals surface area contributed by atoms with Crippen LogP contribution in [0.4, 0.5) is 4.79 Å². The van der Waals surface area contributed by atoms with Gasteiger partial charge in [-0.3, -0.25) is 15.0 Å². The molecule has 7 heteroatoms. The number of urea groups is 1. The number of piperidine rings is 1. The highest BCUT2D eigenvalue weighted by Crippen LogP contribution is 2.06. The van der Waals surface area contributed by atoms with E-state index in [4.69, 9.17) is 5.73 Å². The molecule has 0 aliphatic carbocycles. The largest absolute Gasteiger partial charge is 0.338 e.